The molecule has 4 N–H and O–H groups in total. The third kappa shape index (κ3) is 4.99. The summed E-state index contributed by atoms with van der Waals surface area (Å²) in [7, 11) is 4.39. The van der Waals surface area contributed by atoms with Crippen LogP contribution in [0.2, 0.25) is 0 Å². The van der Waals surface area contributed by atoms with Gasteiger partial charge in [0.05, 0.1) is 21.3 Å². The Labute approximate surface area is 164 Å². The SMILES string of the molecule is COc1cc(C[C@H](CO)[C@H](CO)Cc2cc(OC)c(O)c(OC)c2)ccc1O. The molecule has 0 aliphatic carbocycles. The first-order valence-electron chi connectivity index (χ1n) is 8.98. The maximum atomic E-state index is 10.1. The molecule has 0 spiro atoms. The first-order chi connectivity index (χ1) is 13.5. The first-order valence-corrected chi connectivity index (χ1v) is 8.98. The van der Waals surface area contributed by atoms with E-state index in [1.54, 1.807) is 30.3 Å². The second-order valence-corrected chi connectivity index (χ2v) is 6.65. The minimum absolute atomic E-state index is 0.0498. The van der Waals surface area contributed by atoms with E-state index in [2.05, 4.69) is 0 Å². The van der Waals surface area contributed by atoms with Crippen molar-refractivity contribution in [2.45, 2.75) is 12.8 Å². The van der Waals surface area contributed by atoms with E-state index < -0.39 is 0 Å². The molecule has 2 atom stereocenters. The third-order valence-electron chi connectivity index (χ3n) is 4.92. The van der Waals surface area contributed by atoms with Crippen molar-refractivity contribution in [2.24, 2.45) is 11.8 Å². The number of hydrogen-bond acceptors (Lipinski definition) is 7. The van der Waals surface area contributed by atoms with E-state index in [1.807, 2.05) is 0 Å². The second kappa shape index (κ2) is 10.1. The summed E-state index contributed by atoms with van der Waals surface area (Å²) in [4.78, 5) is 0. The number of phenols is 2. The zero-order valence-corrected chi connectivity index (χ0v) is 16.4. The number of rotatable bonds is 10. The number of aliphatic hydroxyl groups excluding tert-OH is 2. The summed E-state index contributed by atoms with van der Waals surface area (Å²) in [6.45, 7) is -0.229. The monoisotopic (exact) mass is 392 g/mol. The molecule has 0 fully saturated rings. The summed E-state index contributed by atoms with van der Waals surface area (Å²) in [5.41, 5.74) is 1.69. The quantitative estimate of drug-likeness (QED) is 0.490. The maximum absolute atomic E-state index is 10.1. The molecule has 0 aromatic heterocycles. The molecular weight excluding hydrogens is 364 g/mol. The lowest BCUT2D eigenvalue weighted by molar-refractivity contribution is 0.119. The summed E-state index contributed by atoms with van der Waals surface area (Å²) in [5.74, 6) is 0.458. The van der Waals surface area contributed by atoms with E-state index in [4.69, 9.17) is 14.2 Å². The molecule has 0 saturated heterocycles. The molecule has 28 heavy (non-hydrogen) atoms. The van der Waals surface area contributed by atoms with Gasteiger partial charge in [0.15, 0.2) is 23.0 Å². The molecule has 7 heteroatoms. The lowest BCUT2D eigenvalue weighted by atomic mass is 9.83. The predicted octanol–water partition coefficient (Wildman–Crippen LogP) is 2.13. The number of aromatic hydroxyl groups is 2. The van der Waals surface area contributed by atoms with Crippen LogP contribution < -0.4 is 14.2 Å². The molecule has 0 bridgehead atoms. The Morgan fingerprint density at radius 2 is 1.18 bits per heavy atom. The fourth-order valence-electron chi connectivity index (χ4n) is 3.28. The van der Waals surface area contributed by atoms with Crippen LogP contribution >= 0.6 is 0 Å². The van der Waals surface area contributed by atoms with Crippen molar-refractivity contribution < 1.29 is 34.6 Å². The van der Waals surface area contributed by atoms with Crippen LogP contribution in [-0.2, 0) is 12.8 Å². The molecule has 0 aliphatic rings. The van der Waals surface area contributed by atoms with Crippen LogP contribution in [0.25, 0.3) is 0 Å². The summed E-state index contributed by atoms with van der Waals surface area (Å²) in [6.07, 6.45) is 0.967. The third-order valence-corrected chi connectivity index (χ3v) is 4.92. The Bertz CT molecular complexity index is 750. The van der Waals surface area contributed by atoms with Crippen molar-refractivity contribution in [1.82, 2.24) is 0 Å². The van der Waals surface area contributed by atoms with E-state index >= 15 is 0 Å². The van der Waals surface area contributed by atoms with Crippen LogP contribution in [0, 0.1) is 11.8 Å². The van der Waals surface area contributed by atoms with Gasteiger partial charge >= 0.3 is 0 Å². The molecule has 0 aliphatic heterocycles. The van der Waals surface area contributed by atoms with Crippen molar-refractivity contribution in [3.63, 3.8) is 0 Å². The van der Waals surface area contributed by atoms with Gasteiger partial charge in [0.25, 0.3) is 0 Å². The largest absolute Gasteiger partial charge is 0.504 e. The number of phenolic OH excluding ortho intramolecular Hbond substituents is 2. The maximum Gasteiger partial charge on any atom is 0.200 e. The molecule has 2 aromatic rings. The smallest absolute Gasteiger partial charge is 0.200 e. The Morgan fingerprint density at radius 3 is 1.64 bits per heavy atom. The van der Waals surface area contributed by atoms with E-state index in [0.29, 0.717) is 18.6 Å². The molecule has 0 heterocycles. The number of ether oxygens (including phenoxy) is 3. The van der Waals surface area contributed by atoms with Crippen LogP contribution in [0.5, 0.6) is 28.7 Å². The molecular formula is C21H28O7. The van der Waals surface area contributed by atoms with Crippen molar-refractivity contribution in [3.05, 3.63) is 41.5 Å². The van der Waals surface area contributed by atoms with Crippen molar-refractivity contribution in [2.75, 3.05) is 34.5 Å². The molecule has 0 saturated carbocycles. The zero-order chi connectivity index (χ0) is 20.7. The van der Waals surface area contributed by atoms with E-state index in [-0.39, 0.29) is 48.0 Å². The molecule has 0 radical (unpaired) electrons. The topological polar surface area (TPSA) is 109 Å². The van der Waals surface area contributed by atoms with Crippen LogP contribution in [0.4, 0.5) is 0 Å². The first kappa shape index (κ1) is 21.7. The van der Waals surface area contributed by atoms with Gasteiger partial charge in [-0.05, 0) is 60.1 Å². The molecule has 154 valence electrons. The van der Waals surface area contributed by atoms with Crippen molar-refractivity contribution in [3.8, 4) is 28.7 Å². The lowest BCUT2D eigenvalue weighted by Gasteiger charge is -2.25. The zero-order valence-electron chi connectivity index (χ0n) is 16.4. The van der Waals surface area contributed by atoms with Crippen LogP contribution in [0.1, 0.15) is 11.1 Å². The van der Waals surface area contributed by atoms with Crippen LogP contribution in [0.3, 0.4) is 0 Å². The fraction of sp³-hybridized carbons (Fsp3) is 0.429. The Kier molecular flexibility index (Phi) is 7.78. The van der Waals surface area contributed by atoms with Gasteiger partial charge in [-0.25, -0.2) is 0 Å². The van der Waals surface area contributed by atoms with Gasteiger partial charge in [0.1, 0.15) is 0 Å². The molecule has 2 aromatic carbocycles. The minimum Gasteiger partial charge on any atom is -0.504 e. The minimum atomic E-state index is -0.233. The predicted molar refractivity (Wildman–Crippen MR) is 104 cm³/mol. The van der Waals surface area contributed by atoms with E-state index in [0.717, 1.165) is 11.1 Å². The highest BCUT2D eigenvalue weighted by Crippen LogP contribution is 2.38. The van der Waals surface area contributed by atoms with Crippen molar-refractivity contribution in [1.29, 1.82) is 0 Å². The van der Waals surface area contributed by atoms with Gasteiger partial charge in [-0.2, -0.15) is 0 Å². The number of benzene rings is 2. The summed E-state index contributed by atoms with van der Waals surface area (Å²) >= 11 is 0. The van der Waals surface area contributed by atoms with Crippen LogP contribution in [-0.4, -0.2) is 55.0 Å². The average molecular weight is 392 g/mol. The highest BCUT2D eigenvalue weighted by Gasteiger charge is 2.23. The standard InChI is InChI=1S/C21H28O7/c1-26-18-8-13(4-5-17(18)24)6-15(11-22)16(12-23)7-14-9-19(27-2)21(25)20(10-14)28-3/h4-5,8-10,15-16,22-25H,6-7,11-12H2,1-3H3/t15-,16+/m1/s1. The molecule has 0 unspecified atom stereocenters. The molecule has 2 rings (SSSR count). The molecule has 7 nitrogen and oxygen atoms in total. The van der Waals surface area contributed by atoms with Gasteiger partial charge in [0, 0.05) is 13.2 Å². The van der Waals surface area contributed by atoms with Crippen LogP contribution in [0.15, 0.2) is 30.3 Å². The summed E-state index contributed by atoms with van der Waals surface area (Å²) in [5, 5.41) is 39.6. The van der Waals surface area contributed by atoms with Gasteiger partial charge in [0.2, 0.25) is 5.75 Å². The van der Waals surface area contributed by atoms with Gasteiger partial charge in [-0.3, -0.25) is 0 Å². The van der Waals surface area contributed by atoms with E-state index in [9.17, 15) is 20.4 Å². The number of hydrogen-bond donors (Lipinski definition) is 4. The Balaban J connectivity index is 2.23. The highest BCUT2D eigenvalue weighted by molar-refractivity contribution is 5.52. The fourth-order valence-corrected chi connectivity index (χ4v) is 3.28. The number of methoxy groups -OCH3 is 3. The highest BCUT2D eigenvalue weighted by atomic mass is 16.5. The average Bonchev–Trinajstić information content (AvgIpc) is 2.72. The Morgan fingerprint density at radius 1 is 0.714 bits per heavy atom. The molecule has 0 amide bonds. The summed E-state index contributed by atoms with van der Waals surface area (Å²) < 4.78 is 15.5. The van der Waals surface area contributed by atoms with Gasteiger partial charge < -0.3 is 34.6 Å². The normalized spacial score (nSPS) is 13.0. The van der Waals surface area contributed by atoms with Gasteiger partial charge in [-0.15, -0.1) is 0 Å². The van der Waals surface area contributed by atoms with Gasteiger partial charge in [-0.1, -0.05) is 6.07 Å². The Hall–Kier alpha value is -2.64. The van der Waals surface area contributed by atoms with Crippen molar-refractivity contribution >= 4 is 0 Å². The lowest BCUT2D eigenvalue weighted by Crippen LogP contribution is -2.26. The summed E-state index contributed by atoms with van der Waals surface area (Å²) in [6, 6.07) is 8.42. The second-order valence-electron chi connectivity index (χ2n) is 6.65. The number of aliphatic hydroxyl groups is 2. The van der Waals surface area contributed by atoms with E-state index in [1.165, 1.54) is 21.3 Å².